The lowest BCUT2D eigenvalue weighted by Crippen LogP contribution is -2.45. The molecule has 0 saturated carbocycles. The van der Waals surface area contributed by atoms with Crippen molar-refractivity contribution in [2.75, 3.05) is 25.7 Å². The van der Waals surface area contributed by atoms with Gasteiger partial charge in [0.1, 0.15) is 5.75 Å². The van der Waals surface area contributed by atoms with Crippen LogP contribution in [0.3, 0.4) is 0 Å². The minimum absolute atomic E-state index is 0.0564. The highest BCUT2D eigenvalue weighted by Crippen LogP contribution is 2.42. The fourth-order valence-corrected chi connectivity index (χ4v) is 4.26. The number of carbonyl (C=O) groups is 1. The maximum atomic E-state index is 12.0. The first-order chi connectivity index (χ1) is 14.7. The molecule has 0 aromatic heterocycles. The van der Waals surface area contributed by atoms with Crippen LogP contribution in [-0.2, 0) is 4.74 Å². The summed E-state index contributed by atoms with van der Waals surface area (Å²) in [6, 6.07) is 9.70. The molecule has 2 aromatic rings. The van der Waals surface area contributed by atoms with Gasteiger partial charge < -0.3 is 14.4 Å². The minimum atomic E-state index is -0.361. The number of esters is 1. The first-order valence-corrected chi connectivity index (χ1v) is 10.6. The van der Waals surface area contributed by atoms with E-state index in [9.17, 15) is 4.79 Å². The topological polar surface area (TPSA) is 51.1 Å². The molecule has 0 N–H and O–H groups in total. The molecule has 5 heteroatoms. The van der Waals surface area contributed by atoms with Gasteiger partial charge in [0.2, 0.25) is 0 Å². The highest BCUT2D eigenvalue weighted by atomic mass is 16.5. The molecule has 31 heavy (non-hydrogen) atoms. The van der Waals surface area contributed by atoms with Crippen molar-refractivity contribution in [3.05, 3.63) is 58.7 Å². The van der Waals surface area contributed by atoms with E-state index in [2.05, 4.69) is 55.8 Å². The molecule has 0 amide bonds. The number of anilines is 1. The number of ether oxygens (including phenoxy) is 2. The molecule has 0 atom stereocenters. The number of rotatable bonds is 6. The molecule has 1 heterocycles. The van der Waals surface area contributed by atoms with Crippen LogP contribution in [0.1, 0.15) is 61.2 Å². The average Bonchev–Trinajstić information content (AvgIpc) is 2.74. The molecule has 0 unspecified atom stereocenters. The first-order valence-electron chi connectivity index (χ1n) is 10.6. The fourth-order valence-electron chi connectivity index (χ4n) is 4.26. The van der Waals surface area contributed by atoms with Gasteiger partial charge in [0, 0.05) is 35.6 Å². The van der Waals surface area contributed by atoms with Crippen LogP contribution < -0.4 is 9.64 Å². The third kappa shape index (κ3) is 4.36. The zero-order chi connectivity index (χ0) is 22.8. The van der Waals surface area contributed by atoms with Crippen LogP contribution in [0.25, 0.3) is 5.57 Å². The Hall–Kier alpha value is -3.08. The Morgan fingerprint density at radius 3 is 2.58 bits per heavy atom. The van der Waals surface area contributed by atoms with Gasteiger partial charge in [-0.2, -0.15) is 0 Å². The van der Waals surface area contributed by atoms with E-state index in [1.807, 2.05) is 19.1 Å². The van der Waals surface area contributed by atoms with Gasteiger partial charge in [-0.3, -0.25) is 4.99 Å². The maximum Gasteiger partial charge on any atom is 0.338 e. The Morgan fingerprint density at radius 2 is 1.94 bits per heavy atom. The Kier molecular flexibility index (Phi) is 6.54. The normalized spacial score (nSPS) is 14.9. The van der Waals surface area contributed by atoms with Gasteiger partial charge in [0.15, 0.2) is 0 Å². The van der Waals surface area contributed by atoms with E-state index < -0.39 is 0 Å². The number of benzene rings is 2. The summed E-state index contributed by atoms with van der Waals surface area (Å²) in [5.41, 5.74) is 6.49. The largest absolute Gasteiger partial charge is 0.496 e. The monoisotopic (exact) mass is 420 g/mol. The highest BCUT2D eigenvalue weighted by molar-refractivity contribution is 5.94. The number of hydrogen-bond donors (Lipinski definition) is 0. The van der Waals surface area contributed by atoms with Gasteiger partial charge in [-0.05, 0) is 63.5 Å². The van der Waals surface area contributed by atoms with Crippen molar-refractivity contribution in [3.63, 3.8) is 0 Å². The van der Waals surface area contributed by atoms with Gasteiger partial charge in [-0.25, -0.2) is 4.79 Å². The zero-order valence-corrected chi connectivity index (χ0v) is 19.6. The summed E-state index contributed by atoms with van der Waals surface area (Å²) in [5, 5.41) is 0. The van der Waals surface area contributed by atoms with Crippen molar-refractivity contribution in [3.8, 4) is 5.75 Å². The Morgan fingerprint density at radius 1 is 1.19 bits per heavy atom. The number of allylic oxidation sites excluding steroid dienone is 1. The van der Waals surface area contributed by atoms with E-state index in [1.165, 1.54) is 23.9 Å². The molecule has 0 aliphatic carbocycles. The number of aliphatic imine (C=N–C) groups is 1. The molecular weight excluding hydrogens is 388 g/mol. The summed E-state index contributed by atoms with van der Waals surface area (Å²) in [6.07, 6.45) is 5.19. The van der Waals surface area contributed by atoms with E-state index >= 15 is 0 Å². The molecule has 0 saturated heterocycles. The van der Waals surface area contributed by atoms with Gasteiger partial charge in [-0.15, -0.1) is 0 Å². The zero-order valence-electron chi connectivity index (χ0n) is 19.6. The summed E-state index contributed by atoms with van der Waals surface area (Å²) in [4.78, 5) is 19.1. The third-order valence-corrected chi connectivity index (χ3v) is 5.83. The maximum absolute atomic E-state index is 12.0. The van der Waals surface area contributed by atoms with Gasteiger partial charge in [0.25, 0.3) is 0 Å². The van der Waals surface area contributed by atoms with E-state index in [0.717, 1.165) is 35.5 Å². The molecule has 5 nitrogen and oxygen atoms in total. The highest BCUT2D eigenvalue weighted by Gasteiger charge is 2.31. The predicted octanol–water partition coefficient (Wildman–Crippen LogP) is 5.95. The number of fused-ring (bicyclic) bond motifs is 1. The minimum Gasteiger partial charge on any atom is -0.496 e. The second-order valence-electron chi connectivity index (χ2n) is 8.44. The summed E-state index contributed by atoms with van der Waals surface area (Å²) in [5.74, 6) is 0.413. The Labute approximate surface area is 185 Å². The van der Waals surface area contributed by atoms with Gasteiger partial charge >= 0.3 is 5.97 Å². The predicted molar refractivity (Wildman–Crippen MR) is 128 cm³/mol. The fraction of sp³-hybridized carbons (Fsp3) is 0.385. The van der Waals surface area contributed by atoms with E-state index in [4.69, 9.17) is 9.47 Å². The number of carbonyl (C=O) groups excluding carboxylic acids is 1. The molecule has 164 valence electrons. The SMILES string of the molecule is CCCN1c2cc(OC)c(C=Nc3cccc(C(=O)OC)c3C)cc2C(C)=CC1(C)C. The van der Waals surface area contributed by atoms with Crippen molar-refractivity contribution in [1.82, 2.24) is 0 Å². The van der Waals surface area contributed by atoms with Crippen molar-refractivity contribution in [1.29, 1.82) is 0 Å². The molecule has 0 spiro atoms. The molecule has 1 aliphatic heterocycles. The molecule has 0 bridgehead atoms. The lowest BCUT2D eigenvalue weighted by atomic mass is 9.87. The van der Waals surface area contributed by atoms with E-state index in [1.54, 1.807) is 19.4 Å². The standard InChI is InChI=1S/C26H32N2O3/c1-8-12-28-23-14-24(30-6)19(13-21(23)17(2)15-26(28,4)5)16-27-22-11-9-10-20(18(22)3)25(29)31-7/h9-11,13-16H,8,12H2,1-7H3. The van der Waals surface area contributed by atoms with E-state index in [0.29, 0.717) is 5.56 Å². The summed E-state index contributed by atoms with van der Waals surface area (Å²) in [7, 11) is 3.07. The quantitative estimate of drug-likeness (QED) is 0.428. The van der Waals surface area contributed by atoms with Gasteiger partial charge in [-0.1, -0.05) is 19.1 Å². The number of nitrogens with zero attached hydrogens (tertiary/aromatic N) is 2. The first kappa shape index (κ1) is 22.6. The Bertz CT molecular complexity index is 1050. The average molecular weight is 421 g/mol. The summed E-state index contributed by atoms with van der Waals surface area (Å²) < 4.78 is 10.6. The molecule has 0 fully saturated rings. The van der Waals surface area contributed by atoms with Crippen molar-refractivity contribution in [2.24, 2.45) is 4.99 Å². The van der Waals surface area contributed by atoms with Crippen LogP contribution in [0.5, 0.6) is 5.75 Å². The molecule has 3 rings (SSSR count). The number of methoxy groups -OCH3 is 2. The van der Waals surface area contributed by atoms with Crippen molar-refractivity contribution < 1.29 is 14.3 Å². The third-order valence-electron chi connectivity index (χ3n) is 5.83. The van der Waals surface area contributed by atoms with Crippen LogP contribution in [0.15, 0.2) is 41.4 Å². The van der Waals surface area contributed by atoms with E-state index in [-0.39, 0.29) is 11.5 Å². The molecular formula is C26H32N2O3. The molecule has 1 aliphatic rings. The lowest BCUT2D eigenvalue weighted by molar-refractivity contribution is 0.0600. The Balaban J connectivity index is 2.07. The van der Waals surface area contributed by atoms with Crippen LogP contribution >= 0.6 is 0 Å². The summed E-state index contributed by atoms with van der Waals surface area (Å²) >= 11 is 0. The lowest BCUT2D eigenvalue weighted by Gasteiger charge is -2.43. The second kappa shape index (κ2) is 8.96. The molecule has 2 aromatic carbocycles. The van der Waals surface area contributed by atoms with Crippen molar-refractivity contribution >= 4 is 29.1 Å². The van der Waals surface area contributed by atoms with Crippen molar-refractivity contribution in [2.45, 2.75) is 46.6 Å². The van der Waals surface area contributed by atoms with Crippen LogP contribution in [0, 0.1) is 6.92 Å². The molecule has 0 radical (unpaired) electrons. The van der Waals surface area contributed by atoms with Crippen LogP contribution in [-0.4, -0.2) is 38.5 Å². The number of hydrogen-bond acceptors (Lipinski definition) is 5. The van der Waals surface area contributed by atoms with Crippen LogP contribution in [0.4, 0.5) is 11.4 Å². The van der Waals surface area contributed by atoms with Crippen LogP contribution in [0.2, 0.25) is 0 Å². The second-order valence-corrected chi connectivity index (χ2v) is 8.44. The van der Waals surface area contributed by atoms with Gasteiger partial charge in [0.05, 0.1) is 31.0 Å². The summed E-state index contributed by atoms with van der Waals surface area (Å²) in [6.45, 7) is 11.7. The smallest absolute Gasteiger partial charge is 0.338 e.